The Morgan fingerprint density at radius 1 is 1.43 bits per heavy atom. The van der Waals surface area contributed by atoms with Crippen LogP contribution in [-0.2, 0) is 14.8 Å². The Bertz CT molecular complexity index is 687. The van der Waals surface area contributed by atoms with Crippen LogP contribution in [0.3, 0.4) is 0 Å². The second-order valence-electron chi connectivity index (χ2n) is 4.54. The molecule has 8 nitrogen and oxygen atoms in total. The first-order valence-corrected chi connectivity index (χ1v) is 7.88. The lowest BCUT2D eigenvalue weighted by Gasteiger charge is -2.07. The van der Waals surface area contributed by atoms with Gasteiger partial charge >= 0.3 is 0 Å². The lowest BCUT2D eigenvalue weighted by atomic mass is 10.3. The van der Waals surface area contributed by atoms with Crippen LogP contribution in [0.5, 0.6) is 0 Å². The van der Waals surface area contributed by atoms with Gasteiger partial charge in [-0.25, -0.2) is 13.1 Å². The van der Waals surface area contributed by atoms with E-state index in [1.807, 2.05) is 0 Å². The minimum absolute atomic E-state index is 0.124. The molecular weight excluding hydrogens is 322 g/mol. The van der Waals surface area contributed by atoms with E-state index < -0.39 is 33.1 Å². The van der Waals surface area contributed by atoms with E-state index in [1.165, 1.54) is 0 Å². The number of halogens is 1. The maximum Gasteiger partial charge on any atom is 0.289 e. The highest BCUT2D eigenvalue weighted by Crippen LogP contribution is 2.26. The lowest BCUT2D eigenvalue weighted by Crippen LogP contribution is -2.37. The number of carbonyl (C=O) groups excluding carboxylic acids is 1. The van der Waals surface area contributed by atoms with Crippen molar-refractivity contribution in [1.29, 1.82) is 0 Å². The molecule has 10 heteroatoms. The number of benzene rings is 1. The van der Waals surface area contributed by atoms with E-state index in [4.69, 9.17) is 11.6 Å². The van der Waals surface area contributed by atoms with Gasteiger partial charge in [-0.15, -0.1) is 0 Å². The molecule has 2 rings (SSSR count). The zero-order valence-corrected chi connectivity index (χ0v) is 12.3. The quantitative estimate of drug-likeness (QED) is 0.589. The van der Waals surface area contributed by atoms with Crippen LogP contribution in [0, 0.1) is 10.1 Å². The molecule has 0 atom stereocenters. The van der Waals surface area contributed by atoms with Crippen LogP contribution in [0.25, 0.3) is 0 Å². The summed E-state index contributed by atoms with van der Waals surface area (Å²) in [5.74, 6) is -0.440. The second kappa shape index (κ2) is 5.96. The first-order valence-electron chi connectivity index (χ1n) is 6.02. The van der Waals surface area contributed by atoms with Crippen molar-refractivity contribution in [3.63, 3.8) is 0 Å². The summed E-state index contributed by atoms with van der Waals surface area (Å²) in [5.41, 5.74) is -0.512. The fourth-order valence-corrected chi connectivity index (χ4v) is 2.74. The van der Waals surface area contributed by atoms with Gasteiger partial charge in [0.25, 0.3) is 5.69 Å². The van der Waals surface area contributed by atoms with E-state index in [9.17, 15) is 23.3 Å². The molecule has 1 aromatic rings. The third kappa shape index (κ3) is 4.13. The standard InChI is InChI=1S/C11H12ClN3O5S/c12-9-4-3-8(5-10(9)15(17)18)21(19,20)13-6-11(16)14-7-1-2-7/h3-5,7,13H,1-2,6H2,(H,14,16). The van der Waals surface area contributed by atoms with E-state index in [0.717, 1.165) is 31.0 Å². The number of carbonyl (C=O) groups is 1. The molecule has 0 saturated heterocycles. The van der Waals surface area contributed by atoms with Gasteiger partial charge in [-0.3, -0.25) is 14.9 Å². The van der Waals surface area contributed by atoms with Crippen molar-refractivity contribution in [2.75, 3.05) is 6.54 Å². The van der Waals surface area contributed by atoms with Crippen molar-refractivity contribution >= 4 is 33.2 Å². The van der Waals surface area contributed by atoms with Crippen LogP contribution >= 0.6 is 11.6 Å². The van der Waals surface area contributed by atoms with Crippen LogP contribution in [0.2, 0.25) is 5.02 Å². The van der Waals surface area contributed by atoms with Crippen LogP contribution in [0.1, 0.15) is 12.8 Å². The molecule has 1 saturated carbocycles. The van der Waals surface area contributed by atoms with E-state index in [1.54, 1.807) is 0 Å². The molecule has 1 aliphatic rings. The Morgan fingerprint density at radius 3 is 2.67 bits per heavy atom. The SMILES string of the molecule is O=C(CNS(=O)(=O)c1ccc(Cl)c([N+](=O)[O-])c1)NC1CC1. The topological polar surface area (TPSA) is 118 Å². The summed E-state index contributed by atoms with van der Waals surface area (Å²) in [7, 11) is -4.02. The molecule has 1 fully saturated rings. The molecule has 1 aromatic carbocycles. The van der Waals surface area contributed by atoms with Gasteiger partial charge < -0.3 is 5.32 Å². The maximum absolute atomic E-state index is 12.0. The highest BCUT2D eigenvalue weighted by atomic mass is 35.5. The number of hydrogen-bond acceptors (Lipinski definition) is 5. The van der Waals surface area contributed by atoms with Crippen LogP contribution in [-0.4, -0.2) is 31.8 Å². The van der Waals surface area contributed by atoms with Gasteiger partial charge in [0.15, 0.2) is 0 Å². The first kappa shape index (κ1) is 15.7. The predicted octanol–water partition coefficient (Wildman–Crippen LogP) is 0.805. The Balaban J connectivity index is 2.09. The Morgan fingerprint density at radius 2 is 2.10 bits per heavy atom. The maximum atomic E-state index is 12.0. The van der Waals surface area contributed by atoms with Crippen molar-refractivity contribution in [2.45, 2.75) is 23.8 Å². The van der Waals surface area contributed by atoms with Crippen LogP contribution in [0.15, 0.2) is 23.1 Å². The number of amides is 1. The summed E-state index contributed by atoms with van der Waals surface area (Å²) in [5, 5.41) is 13.2. The number of nitrogens with one attached hydrogen (secondary N) is 2. The Hall–Kier alpha value is -1.71. The fourth-order valence-electron chi connectivity index (χ4n) is 1.55. The second-order valence-corrected chi connectivity index (χ2v) is 6.71. The molecule has 21 heavy (non-hydrogen) atoms. The molecule has 0 heterocycles. The normalized spacial score (nSPS) is 14.7. The van der Waals surface area contributed by atoms with E-state index in [-0.39, 0.29) is 16.0 Å². The average molecular weight is 334 g/mol. The number of nitro groups is 1. The van der Waals surface area contributed by atoms with Crippen molar-refractivity contribution in [3.8, 4) is 0 Å². The van der Waals surface area contributed by atoms with Gasteiger partial charge in [-0.05, 0) is 25.0 Å². The summed E-state index contributed by atoms with van der Waals surface area (Å²) in [6.45, 7) is -0.421. The number of hydrogen-bond donors (Lipinski definition) is 2. The van der Waals surface area contributed by atoms with E-state index in [2.05, 4.69) is 10.0 Å². The molecule has 0 aliphatic heterocycles. The molecule has 1 amide bonds. The molecular formula is C11H12ClN3O5S. The minimum atomic E-state index is -4.02. The van der Waals surface area contributed by atoms with Crippen molar-refractivity contribution in [1.82, 2.24) is 10.0 Å². The Labute approximate surface area is 125 Å². The van der Waals surface area contributed by atoms with E-state index >= 15 is 0 Å². The average Bonchev–Trinajstić information content (AvgIpc) is 3.20. The fraction of sp³-hybridized carbons (Fsp3) is 0.364. The third-order valence-corrected chi connectivity index (χ3v) is 4.51. The molecule has 0 radical (unpaired) electrons. The van der Waals surface area contributed by atoms with Crippen molar-refractivity contribution in [2.24, 2.45) is 0 Å². The third-order valence-electron chi connectivity index (χ3n) is 2.79. The summed E-state index contributed by atoms with van der Waals surface area (Å²) < 4.78 is 26.0. The van der Waals surface area contributed by atoms with Gasteiger partial charge in [-0.2, -0.15) is 0 Å². The summed E-state index contributed by atoms with van der Waals surface area (Å²) >= 11 is 5.61. The number of nitrogens with zero attached hydrogens (tertiary/aromatic N) is 1. The minimum Gasteiger partial charge on any atom is -0.352 e. The number of rotatable bonds is 6. The molecule has 0 bridgehead atoms. The van der Waals surface area contributed by atoms with Gasteiger partial charge in [0.05, 0.1) is 16.4 Å². The molecule has 0 spiro atoms. The van der Waals surface area contributed by atoms with Crippen LogP contribution < -0.4 is 10.0 Å². The van der Waals surface area contributed by atoms with Crippen molar-refractivity contribution in [3.05, 3.63) is 33.3 Å². The van der Waals surface area contributed by atoms with Crippen LogP contribution in [0.4, 0.5) is 5.69 Å². The Kier molecular flexibility index (Phi) is 4.45. The summed E-state index contributed by atoms with van der Waals surface area (Å²) in [4.78, 5) is 21.1. The van der Waals surface area contributed by atoms with Gasteiger partial charge in [0.2, 0.25) is 15.9 Å². The first-order chi connectivity index (χ1) is 9.79. The lowest BCUT2D eigenvalue weighted by molar-refractivity contribution is -0.384. The predicted molar refractivity (Wildman–Crippen MR) is 74.5 cm³/mol. The van der Waals surface area contributed by atoms with Gasteiger partial charge in [-0.1, -0.05) is 11.6 Å². The zero-order valence-electron chi connectivity index (χ0n) is 10.7. The van der Waals surface area contributed by atoms with Gasteiger partial charge in [0, 0.05) is 12.1 Å². The monoisotopic (exact) mass is 333 g/mol. The number of nitro benzene ring substituents is 1. The highest BCUT2D eigenvalue weighted by Gasteiger charge is 2.25. The zero-order chi connectivity index (χ0) is 15.6. The number of sulfonamides is 1. The van der Waals surface area contributed by atoms with Gasteiger partial charge in [0.1, 0.15) is 5.02 Å². The molecule has 0 aromatic heterocycles. The molecule has 114 valence electrons. The largest absolute Gasteiger partial charge is 0.352 e. The van der Waals surface area contributed by atoms with Crippen molar-refractivity contribution < 1.29 is 18.1 Å². The molecule has 2 N–H and O–H groups in total. The smallest absolute Gasteiger partial charge is 0.289 e. The summed E-state index contributed by atoms with van der Waals surface area (Å²) in [6, 6.07) is 3.23. The molecule has 1 aliphatic carbocycles. The van der Waals surface area contributed by atoms with E-state index in [0.29, 0.717) is 0 Å². The summed E-state index contributed by atoms with van der Waals surface area (Å²) in [6.07, 6.45) is 1.78. The molecule has 0 unspecified atom stereocenters. The highest BCUT2D eigenvalue weighted by molar-refractivity contribution is 7.89.